The number of allylic oxidation sites excluding steroid dienone is 2. The van der Waals surface area contributed by atoms with Crippen molar-refractivity contribution in [2.75, 3.05) is 0 Å². The molecule has 13 heavy (non-hydrogen) atoms. The standard InChI is InChI=1S/C10H19N.C2H6.H2/c1-6-8(3)10(5)11-9(4)7-2;1-2;/h6,10-11H,4,7H2,1-3,5H3;1-2H3;1H/b8-6+;;/t10-;;/m0../s1. The zero-order chi connectivity index (χ0) is 10.9. The third-order valence-corrected chi connectivity index (χ3v) is 1.99. The molecule has 0 unspecified atom stereocenters. The molecule has 1 nitrogen and oxygen atoms in total. The number of rotatable bonds is 4. The molecule has 0 amide bonds. The van der Waals surface area contributed by atoms with Crippen LogP contribution in [0.4, 0.5) is 0 Å². The SMILES string of the molecule is C=C(CC)N[C@@H](C)/C(C)=C/C.CC.[HH]. The van der Waals surface area contributed by atoms with Crippen LogP contribution in [0.2, 0.25) is 0 Å². The molecule has 0 saturated carbocycles. The molecule has 0 rings (SSSR count). The molecule has 1 heteroatoms. The maximum Gasteiger partial charge on any atom is 0.0439 e. The van der Waals surface area contributed by atoms with Crippen LogP contribution in [-0.4, -0.2) is 6.04 Å². The van der Waals surface area contributed by atoms with Crippen LogP contribution in [-0.2, 0) is 0 Å². The Balaban J connectivity index is -0.000000376. The first-order valence-corrected chi connectivity index (χ1v) is 5.18. The lowest BCUT2D eigenvalue weighted by atomic mass is 10.1. The van der Waals surface area contributed by atoms with Gasteiger partial charge in [0.1, 0.15) is 0 Å². The van der Waals surface area contributed by atoms with Gasteiger partial charge in [-0.1, -0.05) is 39.0 Å². The Labute approximate surface area is 85.4 Å². The Morgan fingerprint density at radius 3 is 2.31 bits per heavy atom. The lowest BCUT2D eigenvalue weighted by molar-refractivity contribution is 0.674. The highest BCUT2D eigenvalue weighted by molar-refractivity contribution is 5.08. The second-order valence-corrected chi connectivity index (χ2v) is 2.86. The fourth-order valence-electron chi connectivity index (χ4n) is 0.772. The van der Waals surface area contributed by atoms with Gasteiger partial charge >= 0.3 is 0 Å². The van der Waals surface area contributed by atoms with E-state index in [2.05, 4.69) is 45.7 Å². The van der Waals surface area contributed by atoms with Gasteiger partial charge in [0.2, 0.25) is 0 Å². The van der Waals surface area contributed by atoms with E-state index < -0.39 is 0 Å². The molecule has 80 valence electrons. The number of hydrogen-bond acceptors (Lipinski definition) is 1. The zero-order valence-corrected chi connectivity index (χ0v) is 10.1. The second kappa shape index (κ2) is 9.37. The molecule has 0 aliphatic carbocycles. The molecule has 0 fully saturated rings. The Morgan fingerprint density at radius 2 is 2.00 bits per heavy atom. The van der Waals surface area contributed by atoms with E-state index in [4.69, 9.17) is 0 Å². The summed E-state index contributed by atoms with van der Waals surface area (Å²) in [5, 5.41) is 3.32. The molecule has 0 aliphatic rings. The zero-order valence-electron chi connectivity index (χ0n) is 10.1. The summed E-state index contributed by atoms with van der Waals surface area (Å²) >= 11 is 0. The summed E-state index contributed by atoms with van der Waals surface area (Å²) < 4.78 is 0. The van der Waals surface area contributed by atoms with Crippen molar-refractivity contribution in [1.29, 1.82) is 0 Å². The van der Waals surface area contributed by atoms with Gasteiger partial charge in [-0.05, 0) is 27.2 Å². The fourth-order valence-corrected chi connectivity index (χ4v) is 0.772. The normalized spacial score (nSPS) is 12.6. The second-order valence-electron chi connectivity index (χ2n) is 2.86. The molecule has 0 aromatic carbocycles. The summed E-state index contributed by atoms with van der Waals surface area (Å²) in [6.07, 6.45) is 3.13. The van der Waals surface area contributed by atoms with Crippen LogP contribution < -0.4 is 5.32 Å². The van der Waals surface area contributed by atoms with Crippen LogP contribution in [0, 0.1) is 0 Å². The van der Waals surface area contributed by atoms with Crippen LogP contribution in [0.15, 0.2) is 23.9 Å². The van der Waals surface area contributed by atoms with Gasteiger partial charge in [-0.25, -0.2) is 0 Å². The van der Waals surface area contributed by atoms with Gasteiger partial charge < -0.3 is 5.32 Å². The maximum atomic E-state index is 3.89. The van der Waals surface area contributed by atoms with E-state index in [1.807, 2.05) is 13.8 Å². The van der Waals surface area contributed by atoms with Gasteiger partial charge in [0.05, 0.1) is 0 Å². The first-order chi connectivity index (χ1) is 6.11. The molecular formula is C12H27N. The van der Waals surface area contributed by atoms with Crippen LogP contribution in [0.5, 0.6) is 0 Å². The van der Waals surface area contributed by atoms with Crippen molar-refractivity contribution < 1.29 is 1.43 Å². The predicted molar refractivity (Wildman–Crippen MR) is 64.9 cm³/mol. The third kappa shape index (κ3) is 7.63. The van der Waals surface area contributed by atoms with E-state index >= 15 is 0 Å². The first-order valence-electron chi connectivity index (χ1n) is 5.18. The van der Waals surface area contributed by atoms with Crippen molar-refractivity contribution >= 4 is 0 Å². The average Bonchev–Trinajstić information content (AvgIpc) is 2.19. The highest BCUT2D eigenvalue weighted by atomic mass is 14.9. The molecule has 0 spiro atoms. The predicted octanol–water partition coefficient (Wildman–Crippen LogP) is 4.13. The van der Waals surface area contributed by atoms with Gasteiger partial charge in [0.25, 0.3) is 0 Å². The van der Waals surface area contributed by atoms with Gasteiger partial charge in [-0.3, -0.25) is 0 Å². The first kappa shape index (κ1) is 14.8. The van der Waals surface area contributed by atoms with Crippen molar-refractivity contribution in [2.45, 2.75) is 54.0 Å². The Kier molecular flexibility index (Phi) is 10.7. The van der Waals surface area contributed by atoms with Gasteiger partial charge in [0, 0.05) is 13.2 Å². The minimum Gasteiger partial charge on any atom is -0.383 e. The smallest absolute Gasteiger partial charge is 0.0439 e. The van der Waals surface area contributed by atoms with E-state index in [9.17, 15) is 0 Å². The summed E-state index contributed by atoms with van der Waals surface area (Å²) in [5.74, 6) is 0. The van der Waals surface area contributed by atoms with E-state index in [1.165, 1.54) is 5.57 Å². The lowest BCUT2D eigenvalue weighted by Crippen LogP contribution is -2.25. The molecule has 0 radical (unpaired) electrons. The van der Waals surface area contributed by atoms with Crippen LogP contribution in [0.25, 0.3) is 0 Å². The Bertz CT molecular complexity index is 162. The van der Waals surface area contributed by atoms with Crippen LogP contribution in [0.3, 0.4) is 0 Å². The summed E-state index contributed by atoms with van der Waals surface area (Å²) in [4.78, 5) is 0. The van der Waals surface area contributed by atoms with E-state index in [0.29, 0.717) is 6.04 Å². The van der Waals surface area contributed by atoms with Crippen LogP contribution in [0.1, 0.15) is 49.4 Å². The molecule has 0 aliphatic heterocycles. The lowest BCUT2D eigenvalue weighted by Gasteiger charge is -2.16. The van der Waals surface area contributed by atoms with Crippen molar-refractivity contribution in [3.05, 3.63) is 23.9 Å². The van der Waals surface area contributed by atoms with Gasteiger partial charge in [-0.2, -0.15) is 0 Å². The van der Waals surface area contributed by atoms with E-state index in [0.717, 1.165) is 12.1 Å². The molecule has 0 aromatic rings. The Morgan fingerprint density at radius 1 is 1.54 bits per heavy atom. The molecule has 0 heterocycles. The topological polar surface area (TPSA) is 12.0 Å². The highest BCUT2D eigenvalue weighted by Crippen LogP contribution is 2.03. The maximum absolute atomic E-state index is 3.89. The molecule has 0 aromatic heterocycles. The van der Waals surface area contributed by atoms with Crippen molar-refractivity contribution in [3.8, 4) is 0 Å². The molecule has 1 N–H and O–H groups in total. The van der Waals surface area contributed by atoms with Crippen molar-refractivity contribution in [1.82, 2.24) is 5.32 Å². The molecule has 1 atom stereocenters. The minimum absolute atomic E-state index is 0. The minimum atomic E-state index is 0. The summed E-state index contributed by atoms with van der Waals surface area (Å²) in [7, 11) is 0. The monoisotopic (exact) mass is 185 g/mol. The van der Waals surface area contributed by atoms with E-state index in [-0.39, 0.29) is 1.43 Å². The van der Waals surface area contributed by atoms with Gasteiger partial charge in [0.15, 0.2) is 0 Å². The largest absolute Gasteiger partial charge is 0.383 e. The molecule has 0 saturated heterocycles. The number of hydrogen-bond donors (Lipinski definition) is 1. The van der Waals surface area contributed by atoms with Crippen molar-refractivity contribution in [3.63, 3.8) is 0 Å². The average molecular weight is 185 g/mol. The summed E-state index contributed by atoms with van der Waals surface area (Å²) in [5.41, 5.74) is 2.47. The fraction of sp³-hybridized carbons (Fsp3) is 0.667. The summed E-state index contributed by atoms with van der Waals surface area (Å²) in [6, 6.07) is 0.424. The summed E-state index contributed by atoms with van der Waals surface area (Å²) in [6.45, 7) is 16.3. The quantitative estimate of drug-likeness (QED) is 0.649. The molecular weight excluding hydrogens is 158 g/mol. The van der Waals surface area contributed by atoms with Gasteiger partial charge in [-0.15, -0.1) is 0 Å². The van der Waals surface area contributed by atoms with Crippen molar-refractivity contribution in [2.24, 2.45) is 0 Å². The number of nitrogens with one attached hydrogen (secondary N) is 1. The molecule has 0 bridgehead atoms. The third-order valence-electron chi connectivity index (χ3n) is 1.99. The Hall–Kier alpha value is -0.720. The van der Waals surface area contributed by atoms with E-state index in [1.54, 1.807) is 0 Å². The van der Waals surface area contributed by atoms with Crippen LogP contribution >= 0.6 is 0 Å². The highest BCUT2D eigenvalue weighted by Gasteiger charge is 2.01.